The van der Waals surface area contributed by atoms with Crippen LogP contribution in [-0.4, -0.2) is 131 Å². The van der Waals surface area contributed by atoms with Gasteiger partial charge in [-0.3, -0.25) is 33.6 Å². The van der Waals surface area contributed by atoms with Crippen LogP contribution in [0.4, 0.5) is 10.6 Å². The fourth-order valence-electron chi connectivity index (χ4n) is 9.71. The number of carbonyl (C=O) groups excluding carboxylic acids is 6. The van der Waals surface area contributed by atoms with E-state index in [4.69, 9.17) is 29.4 Å². The Hall–Kier alpha value is -8.37. The number of rotatable bonds is 13. The average molecular weight is 1320 g/mol. The van der Waals surface area contributed by atoms with Crippen LogP contribution in [0.1, 0.15) is 132 Å². The van der Waals surface area contributed by atoms with E-state index in [0.717, 1.165) is 61.6 Å². The van der Waals surface area contributed by atoms with Crippen molar-refractivity contribution < 1.29 is 63.1 Å². The van der Waals surface area contributed by atoms with E-state index < -0.39 is 96.9 Å². The van der Waals surface area contributed by atoms with Gasteiger partial charge in [0.05, 0.1) is 48.1 Å². The first-order valence-electron chi connectivity index (χ1n) is 27.6. The molecule has 0 saturated heterocycles. The zero-order valence-electron chi connectivity index (χ0n) is 48.0. The van der Waals surface area contributed by atoms with Crippen LogP contribution in [-0.2, 0) is 35.3 Å². The molecular formula is C57H57N13O13S6. The van der Waals surface area contributed by atoms with Crippen LogP contribution in [0.25, 0.3) is 43.4 Å². The number of hydrogen-bond donors (Lipinski definition) is 8. The summed E-state index contributed by atoms with van der Waals surface area (Å²) >= 11 is 6.81. The molecule has 32 heteroatoms. The number of fused-ring (bicyclic) bond motifs is 14. The Morgan fingerprint density at radius 1 is 0.697 bits per heavy atom. The van der Waals surface area contributed by atoms with Gasteiger partial charge >= 0.3 is 18.0 Å². The normalized spacial score (nSPS) is 18.6. The number of carboxylic acid groups (broad SMARTS) is 2. The first kappa shape index (κ1) is 63.6. The maximum atomic E-state index is 14.4. The maximum Gasteiger partial charge on any atom is 0.416 e. The highest BCUT2D eigenvalue weighted by atomic mass is 32.1. The second-order valence-corrected chi connectivity index (χ2v) is 26.6. The number of amides is 6. The van der Waals surface area contributed by atoms with E-state index in [1.54, 1.807) is 60.1 Å². The first-order chi connectivity index (χ1) is 42.7. The summed E-state index contributed by atoms with van der Waals surface area (Å²) in [5.41, 5.74) is 2.10. The molecule has 8 heterocycles. The highest BCUT2D eigenvalue weighted by Gasteiger charge is 2.35. The van der Waals surface area contributed by atoms with Crippen molar-refractivity contribution in [3.8, 4) is 43.4 Å². The van der Waals surface area contributed by atoms with Gasteiger partial charge in [-0.25, -0.2) is 44.6 Å². The number of hydrogen-bond acceptors (Lipinski definition) is 24. The number of carbonyl (C=O) groups is 8. The van der Waals surface area contributed by atoms with E-state index >= 15 is 0 Å². The Kier molecular flexibility index (Phi) is 20.0. The van der Waals surface area contributed by atoms with Crippen LogP contribution < -0.4 is 31.5 Å². The molecule has 26 nitrogen and oxygen atoms in total. The molecule has 0 spiro atoms. The summed E-state index contributed by atoms with van der Waals surface area (Å²) in [5, 5.41) is 53.7. The minimum absolute atomic E-state index is 0.0173. The third-order valence-corrected chi connectivity index (χ3v) is 20.0. The number of carboxylic acids is 2. The van der Waals surface area contributed by atoms with E-state index in [1.807, 2.05) is 13.8 Å². The van der Waals surface area contributed by atoms with Gasteiger partial charge in [-0.1, -0.05) is 44.2 Å². The van der Waals surface area contributed by atoms with Crippen LogP contribution in [0.5, 0.6) is 0 Å². The number of pyridine rings is 1. The number of nitrogens with zero attached hydrogens (tertiary/aromatic N) is 8. The summed E-state index contributed by atoms with van der Waals surface area (Å²) in [6.45, 7) is 4.07. The molecule has 8 N–H and O–H groups in total. The number of aromatic nitrogens is 7. The molecule has 1 aliphatic heterocycles. The monoisotopic (exact) mass is 1320 g/mol. The Balaban J connectivity index is 1.04. The third-order valence-electron chi connectivity index (χ3n) is 14.3. The molecule has 1 fully saturated rings. The van der Waals surface area contributed by atoms with E-state index in [1.165, 1.54) is 36.3 Å². The van der Waals surface area contributed by atoms with Crippen molar-refractivity contribution in [3.05, 3.63) is 111 Å². The molecule has 1 saturated carbocycles. The average Bonchev–Trinajstić information content (AvgIpc) is 2.72. The fourth-order valence-corrected chi connectivity index (χ4v) is 15.3. The van der Waals surface area contributed by atoms with Crippen LogP contribution in [0, 0.1) is 18.8 Å². The van der Waals surface area contributed by atoms with Crippen molar-refractivity contribution in [2.45, 2.75) is 89.8 Å². The molecule has 1 aliphatic carbocycles. The van der Waals surface area contributed by atoms with Crippen LogP contribution in [0.3, 0.4) is 0 Å². The second-order valence-electron chi connectivity index (χ2n) is 20.8. The summed E-state index contributed by atoms with van der Waals surface area (Å²) in [5.74, 6) is -6.18. The molecule has 8 aromatic rings. The molecule has 4 atom stereocenters. The van der Waals surface area contributed by atoms with Gasteiger partial charge in [-0.2, -0.15) is 0 Å². The SMILES string of the molecule is CNC(=O)C[C@@H]1NC(=O)c2csc(n2)-c2ccc(-c3nc(N(CC(=O)O)C(=O)OC4CCC(C(=O)O)CC4)cs3)nc2-c2csc(n2)-c2csc(n2)[C@H]([C@@H](O)c2ccccc2)NC(=O)CNC(=O)c2nc(sc2COC)[C@H](C(C)C)NC(=O)c2nc1sc2C. The standard InChI is InChI=1S/C57H57N13O13S6/c1-25(2)41-55-69-44(36(89-55)20-82-5)48(77)59-18-39(72)66-45(46(75)27-9-7-6-8-10-27)54-64-35(23-86-54)52-62-33(21-85-52)43-30(50-63-34(22-84-50)47(76)61-32(17-38(71)58-4)53-68-42(26(3)88-53)49(78)67-41)15-16-31(60-43)51-65-37(24-87-51)70(19-40(73)74)57(81)83-29-13-11-28(12-14-29)56(79)80/h6-10,15-16,21-25,28-29,32,41,45-46,75H,11-14,17-20H2,1-5H3,(H,58,71)(H,59,77)(H,61,76)(H,66,72)(H,67,78)(H,73,74)(H,79,80)/t28?,29?,32-,41-,45-,46-/m0/s1. The Labute approximate surface area is 531 Å². The molecule has 1 aromatic carbocycles. The first-order valence-corrected chi connectivity index (χ1v) is 32.8. The number of aliphatic hydroxyl groups excluding tert-OH is 1. The minimum Gasteiger partial charge on any atom is -0.481 e. The number of benzene rings is 1. The van der Waals surface area contributed by atoms with Crippen molar-refractivity contribution in [2.75, 3.05) is 32.1 Å². The Bertz CT molecular complexity index is 3960. The lowest BCUT2D eigenvalue weighted by Gasteiger charge is -2.28. The Morgan fingerprint density at radius 3 is 2.11 bits per heavy atom. The lowest BCUT2D eigenvalue weighted by Crippen LogP contribution is -2.40. The van der Waals surface area contributed by atoms with Gasteiger partial charge in [-0.15, -0.1) is 68.0 Å². The predicted molar refractivity (Wildman–Crippen MR) is 332 cm³/mol. The number of methoxy groups -OCH3 is 1. The topological polar surface area (TPSA) is 369 Å². The van der Waals surface area contributed by atoms with Gasteiger partial charge in [0.2, 0.25) is 11.8 Å². The van der Waals surface area contributed by atoms with Crippen molar-refractivity contribution in [3.63, 3.8) is 0 Å². The maximum absolute atomic E-state index is 14.4. The molecule has 464 valence electrons. The lowest BCUT2D eigenvalue weighted by molar-refractivity contribution is -0.143. The summed E-state index contributed by atoms with van der Waals surface area (Å²) in [4.78, 5) is 143. The third kappa shape index (κ3) is 14.7. The predicted octanol–water partition coefficient (Wildman–Crippen LogP) is 7.98. The van der Waals surface area contributed by atoms with Gasteiger partial charge in [-0.05, 0) is 56.2 Å². The molecule has 7 aromatic heterocycles. The summed E-state index contributed by atoms with van der Waals surface area (Å²) in [6.07, 6.45) is -2.01. The van der Waals surface area contributed by atoms with E-state index in [0.29, 0.717) is 65.1 Å². The summed E-state index contributed by atoms with van der Waals surface area (Å²) in [7, 11) is 2.91. The Morgan fingerprint density at radius 2 is 1.39 bits per heavy atom. The van der Waals surface area contributed by atoms with Gasteiger partial charge < -0.3 is 51.4 Å². The number of ether oxygens (including phenoxy) is 2. The van der Waals surface area contributed by atoms with Gasteiger partial charge in [0.15, 0.2) is 0 Å². The number of aliphatic carboxylic acids is 2. The molecule has 6 amide bonds. The number of thiazole rings is 6. The summed E-state index contributed by atoms with van der Waals surface area (Å²) in [6, 6.07) is 9.10. The second kappa shape index (κ2) is 28.0. The van der Waals surface area contributed by atoms with Crippen molar-refractivity contribution in [1.82, 2.24) is 61.5 Å². The van der Waals surface area contributed by atoms with Crippen molar-refractivity contribution in [2.24, 2.45) is 11.8 Å². The molecule has 0 unspecified atom stereocenters. The molecule has 0 radical (unpaired) electrons. The van der Waals surface area contributed by atoms with Crippen LogP contribution in [0.2, 0.25) is 0 Å². The molecular weight excluding hydrogens is 1270 g/mol. The zero-order valence-corrected chi connectivity index (χ0v) is 52.9. The van der Waals surface area contributed by atoms with E-state index in [-0.39, 0.29) is 76.1 Å². The molecule has 10 bridgehead atoms. The van der Waals surface area contributed by atoms with Crippen molar-refractivity contribution in [1.29, 1.82) is 0 Å². The molecule has 2 aliphatic rings. The highest BCUT2D eigenvalue weighted by Crippen LogP contribution is 2.41. The highest BCUT2D eigenvalue weighted by molar-refractivity contribution is 7.15. The quantitative estimate of drug-likeness (QED) is 0.0542. The van der Waals surface area contributed by atoms with Gasteiger partial charge in [0, 0.05) is 46.1 Å². The zero-order chi connectivity index (χ0) is 63.2. The lowest BCUT2D eigenvalue weighted by atomic mass is 9.87. The molecule has 10 rings (SSSR count). The fraction of sp³-hybridized carbons (Fsp3) is 0.351. The van der Waals surface area contributed by atoms with Crippen LogP contribution in [0.15, 0.2) is 64.0 Å². The molecule has 89 heavy (non-hydrogen) atoms. The van der Waals surface area contributed by atoms with Crippen LogP contribution >= 0.6 is 68.0 Å². The van der Waals surface area contributed by atoms with Gasteiger partial charge in [0.1, 0.15) is 94.8 Å². The van der Waals surface area contributed by atoms with Crippen molar-refractivity contribution >= 4 is 121 Å². The van der Waals surface area contributed by atoms with E-state index in [2.05, 4.69) is 41.5 Å². The largest absolute Gasteiger partial charge is 0.481 e. The number of aliphatic hydroxyl groups is 1. The minimum atomic E-state index is -1.34. The number of nitrogens with one attached hydrogen (secondary N) is 5. The number of aryl methyl sites for hydroxylation is 1. The van der Waals surface area contributed by atoms with Gasteiger partial charge in [0.25, 0.3) is 17.7 Å². The smallest absolute Gasteiger partial charge is 0.416 e. The number of anilines is 1. The van der Waals surface area contributed by atoms with E-state index in [9.17, 15) is 53.7 Å². The summed E-state index contributed by atoms with van der Waals surface area (Å²) < 4.78 is 11.1.